The van der Waals surface area contributed by atoms with Gasteiger partial charge in [-0.1, -0.05) is 6.92 Å². The van der Waals surface area contributed by atoms with Crippen molar-refractivity contribution in [2.24, 2.45) is 0 Å². The second-order valence-corrected chi connectivity index (χ2v) is 6.58. The number of carbonyl (C=O) groups excluding carboxylic acids is 1. The fraction of sp³-hybridized carbons (Fsp3) is 0.533. The molecule has 22 heavy (non-hydrogen) atoms. The third-order valence-electron chi connectivity index (χ3n) is 4.00. The second kappa shape index (κ2) is 6.18. The molecule has 1 saturated heterocycles. The molecule has 0 spiro atoms. The summed E-state index contributed by atoms with van der Waals surface area (Å²) in [5, 5.41) is 3.84. The fourth-order valence-electron chi connectivity index (χ4n) is 2.68. The minimum absolute atomic E-state index is 0.0150. The van der Waals surface area contributed by atoms with Crippen LogP contribution in [0.3, 0.4) is 0 Å². The summed E-state index contributed by atoms with van der Waals surface area (Å²) in [4.78, 5) is 33.2. The zero-order chi connectivity index (χ0) is 15.7. The summed E-state index contributed by atoms with van der Waals surface area (Å²) < 4.78 is 1.50. The molecule has 1 amide bonds. The number of hydrogen-bond donors (Lipinski definition) is 1. The van der Waals surface area contributed by atoms with Crippen molar-refractivity contribution in [3.63, 3.8) is 0 Å². The smallest absolute Gasteiger partial charge is 0.262 e. The predicted octanol–water partition coefficient (Wildman–Crippen LogP) is 0.761. The van der Waals surface area contributed by atoms with Crippen LogP contribution in [0.5, 0.6) is 0 Å². The van der Waals surface area contributed by atoms with Gasteiger partial charge in [0, 0.05) is 31.1 Å². The molecule has 0 radical (unpaired) electrons. The van der Waals surface area contributed by atoms with Crippen molar-refractivity contribution in [1.82, 2.24) is 19.8 Å². The molecule has 7 heteroatoms. The lowest BCUT2D eigenvalue weighted by atomic mass is 10.3. The van der Waals surface area contributed by atoms with Gasteiger partial charge in [-0.3, -0.25) is 14.2 Å². The van der Waals surface area contributed by atoms with Crippen LogP contribution in [-0.2, 0) is 17.8 Å². The van der Waals surface area contributed by atoms with E-state index in [0.717, 1.165) is 29.2 Å². The summed E-state index contributed by atoms with van der Waals surface area (Å²) in [7, 11) is 0. The van der Waals surface area contributed by atoms with Gasteiger partial charge in [0.25, 0.3) is 5.56 Å². The molecule has 0 saturated carbocycles. The van der Waals surface area contributed by atoms with E-state index in [0.29, 0.717) is 24.3 Å². The largest absolute Gasteiger partial charge is 0.339 e. The van der Waals surface area contributed by atoms with Crippen LogP contribution in [0.2, 0.25) is 0 Å². The van der Waals surface area contributed by atoms with Gasteiger partial charge in [-0.2, -0.15) is 0 Å². The molecule has 0 aromatic carbocycles. The molecular formula is C15H20N4O2S. The Kier molecular flexibility index (Phi) is 4.26. The highest BCUT2D eigenvalue weighted by Gasteiger charge is 2.19. The molecule has 0 bridgehead atoms. The van der Waals surface area contributed by atoms with Crippen molar-refractivity contribution in [2.45, 2.75) is 26.8 Å². The minimum atomic E-state index is -0.109. The number of carbonyl (C=O) groups is 1. The van der Waals surface area contributed by atoms with Crippen molar-refractivity contribution < 1.29 is 4.79 Å². The minimum Gasteiger partial charge on any atom is -0.339 e. The standard InChI is InChI=1S/C15H20N4O2S/c1-3-11-8-12-14(22-11)17-10(2)19(15(12)21)9-13(20)18-6-4-16-5-7-18/h8,16H,3-7,9H2,1-2H3. The van der Waals surface area contributed by atoms with E-state index in [1.54, 1.807) is 23.2 Å². The van der Waals surface area contributed by atoms with Gasteiger partial charge >= 0.3 is 0 Å². The van der Waals surface area contributed by atoms with Gasteiger partial charge in [-0.25, -0.2) is 4.98 Å². The zero-order valence-corrected chi connectivity index (χ0v) is 13.7. The molecule has 0 aliphatic carbocycles. The molecule has 1 fully saturated rings. The quantitative estimate of drug-likeness (QED) is 0.907. The van der Waals surface area contributed by atoms with E-state index in [-0.39, 0.29) is 18.0 Å². The van der Waals surface area contributed by atoms with Crippen LogP contribution in [0, 0.1) is 6.92 Å². The maximum absolute atomic E-state index is 12.6. The average molecular weight is 320 g/mol. The van der Waals surface area contributed by atoms with Gasteiger partial charge in [0.05, 0.1) is 5.39 Å². The highest BCUT2D eigenvalue weighted by molar-refractivity contribution is 7.18. The summed E-state index contributed by atoms with van der Waals surface area (Å²) >= 11 is 1.55. The number of aryl methyl sites for hydroxylation is 2. The first kappa shape index (κ1) is 15.2. The molecule has 6 nitrogen and oxygen atoms in total. The SMILES string of the molecule is CCc1cc2c(=O)n(CC(=O)N3CCNCC3)c(C)nc2s1. The molecule has 1 N–H and O–H groups in total. The maximum atomic E-state index is 12.6. The highest BCUT2D eigenvalue weighted by atomic mass is 32.1. The predicted molar refractivity (Wildman–Crippen MR) is 87.4 cm³/mol. The summed E-state index contributed by atoms with van der Waals surface area (Å²) in [5.41, 5.74) is -0.109. The van der Waals surface area contributed by atoms with Gasteiger partial charge in [-0.15, -0.1) is 11.3 Å². The molecule has 0 unspecified atom stereocenters. The zero-order valence-electron chi connectivity index (χ0n) is 12.9. The van der Waals surface area contributed by atoms with E-state index in [4.69, 9.17) is 0 Å². The lowest BCUT2D eigenvalue weighted by Gasteiger charge is -2.27. The van der Waals surface area contributed by atoms with Crippen molar-refractivity contribution in [3.8, 4) is 0 Å². The number of rotatable bonds is 3. The third-order valence-corrected chi connectivity index (χ3v) is 5.18. The van der Waals surface area contributed by atoms with Crippen LogP contribution in [0.4, 0.5) is 0 Å². The maximum Gasteiger partial charge on any atom is 0.262 e. The summed E-state index contributed by atoms with van der Waals surface area (Å²) in [6, 6.07) is 1.90. The van der Waals surface area contributed by atoms with Crippen LogP contribution in [0.25, 0.3) is 10.2 Å². The summed E-state index contributed by atoms with van der Waals surface area (Å²) in [6.07, 6.45) is 0.888. The van der Waals surface area contributed by atoms with Gasteiger partial charge in [0.1, 0.15) is 17.2 Å². The van der Waals surface area contributed by atoms with Crippen molar-refractivity contribution >= 4 is 27.5 Å². The Morgan fingerprint density at radius 3 is 2.82 bits per heavy atom. The van der Waals surface area contributed by atoms with E-state index in [1.807, 2.05) is 6.07 Å². The molecule has 3 rings (SSSR count). The Morgan fingerprint density at radius 1 is 1.41 bits per heavy atom. The Balaban J connectivity index is 1.92. The van der Waals surface area contributed by atoms with Crippen LogP contribution in [-0.4, -0.2) is 46.5 Å². The molecule has 0 atom stereocenters. The topological polar surface area (TPSA) is 67.2 Å². The van der Waals surface area contributed by atoms with Crippen LogP contribution in [0.1, 0.15) is 17.6 Å². The summed E-state index contributed by atoms with van der Waals surface area (Å²) in [5.74, 6) is 0.587. The van der Waals surface area contributed by atoms with Crippen LogP contribution >= 0.6 is 11.3 Å². The van der Waals surface area contributed by atoms with E-state index in [1.165, 1.54) is 4.57 Å². The van der Waals surface area contributed by atoms with E-state index >= 15 is 0 Å². The first-order valence-corrected chi connectivity index (χ1v) is 8.40. The Labute approximate surface area is 132 Å². The van der Waals surface area contributed by atoms with Crippen LogP contribution < -0.4 is 10.9 Å². The molecule has 118 valence electrons. The molecular weight excluding hydrogens is 300 g/mol. The number of piperazine rings is 1. The number of thiophene rings is 1. The van der Waals surface area contributed by atoms with Crippen molar-refractivity contribution in [2.75, 3.05) is 26.2 Å². The number of nitrogens with zero attached hydrogens (tertiary/aromatic N) is 3. The van der Waals surface area contributed by atoms with Gasteiger partial charge in [-0.05, 0) is 19.4 Å². The second-order valence-electron chi connectivity index (χ2n) is 5.47. The Morgan fingerprint density at radius 2 is 2.14 bits per heavy atom. The molecule has 2 aromatic heterocycles. The molecule has 2 aromatic rings. The first-order valence-electron chi connectivity index (χ1n) is 7.58. The number of aromatic nitrogens is 2. The number of amides is 1. The Bertz CT molecular complexity index is 759. The van der Waals surface area contributed by atoms with Gasteiger partial charge in [0.2, 0.25) is 5.91 Å². The normalized spacial score (nSPS) is 15.5. The molecule has 1 aliphatic heterocycles. The van der Waals surface area contributed by atoms with Crippen LogP contribution in [0.15, 0.2) is 10.9 Å². The number of hydrogen-bond acceptors (Lipinski definition) is 5. The van der Waals surface area contributed by atoms with Crippen molar-refractivity contribution in [1.29, 1.82) is 0 Å². The number of nitrogens with one attached hydrogen (secondary N) is 1. The third kappa shape index (κ3) is 2.78. The average Bonchev–Trinajstić information content (AvgIpc) is 2.95. The fourth-order valence-corrected chi connectivity index (χ4v) is 3.68. The monoisotopic (exact) mass is 320 g/mol. The van der Waals surface area contributed by atoms with Gasteiger partial charge < -0.3 is 10.2 Å². The van der Waals surface area contributed by atoms with Crippen molar-refractivity contribution in [3.05, 3.63) is 27.1 Å². The van der Waals surface area contributed by atoms with E-state index in [2.05, 4.69) is 17.2 Å². The first-order chi connectivity index (χ1) is 10.6. The molecule has 3 heterocycles. The van der Waals surface area contributed by atoms with E-state index in [9.17, 15) is 9.59 Å². The summed E-state index contributed by atoms with van der Waals surface area (Å²) in [6.45, 7) is 6.93. The highest BCUT2D eigenvalue weighted by Crippen LogP contribution is 2.21. The Hall–Kier alpha value is -1.73. The van der Waals surface area contributed by atoms with Gasteiger partial charge in [0.15, 0.2) is 0 Å². The lowest BCUT2D eigenvalue weighted by molar-refractivity contribution is -0.132. The lowest BCUT2D eigenvalue weighted by Crippen LogP contribution is -2.48. The number of fused-ring (bicyclic) bond motifs is 1. The molecule has 1 aliphatic rings. The van der Waals surface area contributed by atoms with E-state index < -0.39 is 0 Å².